The Morgan fingerprint density at radius 3 is 2.58 bits per heavy atom. The Hall–Kier alpha value is -0.320. The van der Waals surface area contributed by atoms with Crippen LogP contribution in [0.3, 0.4) is 0 Å². The zero-order chi connectivity index (χ0) is 13.0. The maximum absolute atomic E-state index is 12.0. The number of carbonyl (C=O) groups excluding carboxylic acids is 1. The standard InChI is InChI=1S/C14H27N3O.ClH/c1-11-9-15-10-13(11)14(18)16-7-8-17(2)12-5-3-4-6-12;/h11-13,15H,3-10H2,1-2H3,(H,16,18);1H/t11-,13-;/m1./s1. The summed E-state index contributed by atoms with van der Waals surface area (Å²) in [4.78, 5) is 14.4. The van der Waals surface area contributed by atoms with E-state index in [1.165, 1.54) is 25.7 Å². The lowest BCUT2D eigenvalue weighted by Gasteiger charge is -2.24. The Balaban J connectivity index is 0.00000180. The van der Waals surface area contributed by atoms with Gasteiger partial charge in [0.1, 0.15) is 0 Å². The third-order valence-electron chi connectivity index (χ3n) is 4.57. The van der Waals surface area contributed by atoms with Crippen LogP contribution in [0, 0.1) is 11.8 Å². The fourth-order valence-electron chi connectivity index (χ4n) is 3.18. The zero-order valence-corrected chi connectivity index (χ0v) is 13.0. The first-order valence-electron chi connectivity index (χ1n) is 7.37. The van der Waals surface area contributed by atoms with Gasteiger partial charge in [-0.25, -0.2) is 0 Å². The second-order valence-corrected chi connectivity index (χ2v) is 5.95. The first-order chi connectivity index (χ1) is 8.68. The van der Waals surface area contributed by atoms with Crippen molar-refractivity contribution in [3.8, 4) is 0 Å². The topological polar surface area (TPSA) is 44.4 Å². The molecule has 1 heterocycles. The van der Waals surface area contributed by atoms with E-state index in [2.05, 4.69) is 29.5 Å². The molecule has 2 fully saturated rings. The second-order valence-electron chi connectivity index (χ2n) is 5.95. The normalized spacial score (nSPS) is 27.5. The predicted molar refractivity (Wildman–Crippen MR) is 80.7 cm³/mol. The number of likely N-dealkylation sites (N-methyl/N-ethyl adjacent to an activating group) is 1. The summed E-state index contributed by atoms with van der Waals surface area (Å²) < 4.78 is 0. The highest BCUT2D eigenvalue weighted by molar-refractivity contribution is 5.85. The van der Waals surface area contributed by atoms with Gasteiger partial charge in [0.05, 0.1) is 5.92 Å². The van der Waals surface area contributed by atoms with Crippen molar-refractivity contribution in [3.05, 3.63) is 0 Å². The lowest BCUT2D eigenvalue weighted by molar-refractivity contribution is -0.125. The SMILES string of the molecule is C[C@@H]1CNC[C@H]1C(=O)NCCN(C)C1CCCC1.Cl. The average molecular weight is 290 g/mol. The fraction of sp³-hybridized carbons (Fsp3) is 0.929. The van der Waals surface area contributed by atoms with Gasteiger partial charge in [0.25, 0.3) is 0 Å². The Morgan fingerprint density at radius 1 is 1.32 bits per heavy atom. The van der Waals surface area contributed by atoms with E-state index >= 15 is 0 Å². The largest absolute Gasteiger partial charge is 0.355 e. The number of hydrogen-bond donors (Lipinski definition) is 2. The van der Waals surface area contributed by atoms with Crippen molar-refractivity contribution in [3.63, 3.8) is 0 Å². The van der Waals surface area contributed by atoms with Gasteiger partial charge >= 0.3 is 0 Å². The fourth-order valence-corrected chi connectivity index (χ4v) is 3.18. The molecule has 1 saturated carbocycles. The molecule has 0 spiro atoms. The van der Waals surface area contributed by atoms with Crippen molar-refractivity contribution in [2.75, 3.05) is 33.2 Å². The van der Waals surface area contributed by atoms with E-state index in [-0.39, 0.29) is 24.2 Å². The van der Waals surface area contributed by atoms with E-state index in [1.54, 1.807) is 0 Å². The van der Waals surface area contributed by atoms with E-state index < -0.39 is 0 Å². The lowest BCUT2D eigenvalue weighted by atomic mass is 9.97. The van der Waals surface area contributed by atoms with Crippen molar-refractivity contribution in [2.24, 2.45) is 11.8 Å². The summed E-state index contributed by atoms with van der Waals surface area (Å²) in [5.41, 5.74) is 0. The van der Waals surface area contributed by atoms with Crippen LogP contribution in [0.1, 0.15) is 32.6 Å². The van der Waals surface area contributed by atoms with Gasteiger partial charge in [-0.1, -0.05) is 19.8 Å². The van der Waals surface area contributed by atoms with Crippen LogP contribution in [-0.2, 0) is 4.79 Å². The maximum atomic E-state index is 12.0. The highest BCUT2D eigenvalue weighted by Gasteiger charge is 2.29. The molecule has 2 atom stereocenters. The molecule has 0 unspecified atom stereocenters. The molecule has 1 amide bonds. The zero-order valence-electron chi connectivity index (χ0n) is 12.2. The minimum absolute atomic E-state index is 0. The second kappa shape index (κ2) is 8.08. The molecular weight excluding hydrogens is 262 g/mol. The number of carbonyl (C=O) groups is 1. The molecule has 0 radical (unpaired) electrons. The van der Waals surface area contributed by atoms with Crippen LogP contribution in [0.15, 0.2) is 0 Å². The van der Waals surface area contributed by atoms with Gasteiger partial charge in [-0.2, -0.15) is 0 Å². The van der Waals surface area contributed by atoms with Crippen molar-refractivity contribution in [1.82, 2.24) is 15.5 Å². The highest BCUT2D eigenvalue weighted by Crippen LogP contribution is 2.21. The van der Waals surface area contributed by atoms with Crippen LogP contribution >= 0.6 is 12.4 Å². The monoisotopic (exact) mass is 289 g/mol. The molecule has 19 heavy (non-hydrogen) atoms. The molecule has 0 aromatic carbocycles. The molecule has 4 nitrogen and oxygen atoms in total. The first kappa shape index (κ1) is 16.7. The van der Waals surface area contributed by atoms with E-state index in [1.807, 2.05) is 0 Å². The minimum atomic E-state index is 0. The van der Waals surface area contributed by atoms with Crippen LogP contribution in [0.25, 0.3) is 0 Å². The van der Waals surface area contributed by atoms with Crippen molar-refractivity contribution in [1.29, 1.82) is 0 Å². The first-order valence-corrected chi connectivity index (χ1v) is 7.37. The Labute approximate surface area is 123 Å². The Bertz CT molecular complexity index is 282. The molecule has 112 valence electrons. The summed E-state index contributed by atoms with van der Waals surface area (Å²) in [5.74, 6) is 0.867. The molecule has 5 heteroatoms. The third kappa shape index (κ3) is 4.62. The molecule has 1 aliphatic carbocycles. The molecule has 2 aliphatic rings. The van der Waals surface area contributed by atoms with Crippen molar-refractivity contribution >= 4 is 18.3 Å². The number of nitrogens with zero attached hydrogens (tertiary/aromatic N) is 1. The summed E-state index contributed by atoms with van der Waals surface area (Å²) in [7, 11) is 2.18. The molecular formula is C14H28ClN3O. The molecule has 2 N–H and O–H groups in total. The van der Waals surface area contributed by atoms with Gasteiger partial charge in [-0.3, -0.25) is 4.79 Å². The predicted octanol–water partition coefficient (Wildman–Crippen LogP) is 1.25. The van der Waals surface area contributed by atoms with Gasteiger partial charge in [-0.05, 0) is 32.4 Å². The van der Waals surface area contributed by atoms with Gasteiger partial charge in [0.2, 0.25) is 5.91 Å². The summed E-state index contributed by atoms with van der Waals surface area (Å²) >= 11 is 0. The molecule has 1 saturated heterocycles. The van der Waals surface area contributed by atoms with Crippen LogP contribution in [0.4, 0.5) is 0 Å². The van der Waals surface area contributed by atoms with Gasteiger partial charge in [0.15, 0.2) is 0 Å². The maximum Gasteiger partial charge on any atom is 0.224 e. The van der Waals surface area contributed by atoms with Crippen molar-refractivity contribution < 1.29 is 4.79 Å². The quantitative estimate of drug-likeness (QED) is 0.801. The Kier molecular flexibility index (Phi) is 7.11. The average Bonchev–Trinajstić information content (AvgIpc) is 2.99. The minimum Gasteiger partial charge on any atom is -0.355 e. The smallest absolute Gasteiger partial charge is 0.224 e. The summed E-state index contributed by atoms with van der Waals surface area (Å²) in [6.07, 6.45) is 5.39. The van der Waals surface area contributed by atoms with E-state index in [4.69, 9.17) is 0 Å². The van der Waals surface area contributed by atoms with Crippen LogP contribution in [0.2, 0.25) is 0 Å². The van der Waals surface area contributed by atoms with Crippen molar-refractivity contribution in [2.45, 2.75) is 38.6 Å². The summed E-state index contributed by atoms with van der Waals surface area (Å²) in [6, 6.07) is 0.744. The van der Waals surface area contributed by atoms with Crippen LogP contribution in [0.5, 0.6) is 0 Å². The Morgan fingerprint density at radius 2 is 2.00 bits per heavy atom. The van der Waals surface area contributed by atoms with Crippen LogP contribution in [-0.4, -0.2) is 50.1 Å². The van der Waals surface area contributed by atoms with Gasteiger partial charge in [0, 0.05) is 25.7 Å². The molecule has 1 aliphatic heterocycles. The number of hydrogen-bond acceptors (Lipinski definition) is 3. The number of halogens is 1. The van der Waals surface area contributed by atoms with Crippen LogP contribution < -0.4 is 10.6 Å². The molecule has 0 aromatic rings. The molecule has 0 aromatic heterocycles. The summed E-state index contributed by atoms with van der Waals surface area (Å²) in [5, 5.41) is 6.36. The third-order valence-corrected chi connectivity index (χ3v) is 4.57. The number of nitrogens with one attached hydrogen (secondary N) is 2. The van der Waals surface area contributed by atoms with E-state index in [9.17, 15) is 4.79 Å². The van der Waals surface area contributed by atoms with Gasteiger partial charge in [-0.15, -0.1) is 12.4 Å². The molecule has 0 bridgehead atoms. The van der Waals surface area contributed by atoms with E-state index in [0.29, 0.717) is 5.92 Å². The summed E-state index contributed by atoms with van der Waals surface area (Å²) in [6.45, 7) is 5.72. The van der Waals surface area contributed by atoms with E-state index in [0.717, 1.165) is 32.2 Å². The van der Waals surface area contributed by atoms with Gasteiger partial charge < -0.3 is 15.5 Å². The lowest BCUT2D eigenvalue weighted by Crippen LogP contribution is -2.40. The highest BCUT2D eigenvalue weighted by atomic mass is 35.5. The number of rotatable bonds is 5. The molecule has 2 rings (SSSR count). The number of amides is 1.